The Hall–Kier alpha value is -2.19. The molecule has 0 amide bonds. The van der Waals surface area contributed by atoms with Crippen LogP contribution in [0.15, 0.2) is 23.8 Å². The molecule has 6 atom stereocenters. The molecule has 3 aliphatic rings. The van der Waals surface area contributed by atoms with Crippen LogP contribution in [0.25, 0.3) is 0 Å². The Kier molecular flexibility index (Phi) is 7.15. The smallest absolute Gasteiger partial charge is 0.337 e. The monoisotopic (exact) mass is 450 g/mol. The Morgan fingerprint density at radius 2 is 2.00 bits per heavy atom. The standard InChI is InChI=1S/C24H34O8/c1-14-4-7-18-23(2,11-10-19(26)24(18,3)13-25)16(14)6-5-15-17(12-31-22(15)30)32-21(29)9-8-20(27)28/h5,16-19,25-26H,1,4,6-13H2,2-3H3,(H,27,28)/b15-5+/t16-,17-,18+,19-,23+,24+/m1/s1. The summed E-state index contributed by atoms with van der Waals surface area (Å²) in [6.07, 6.45) is 3.28. The van der Waals surface area contributed by atoms with E-state index in [1.807, 2.05) is 6.92 Å². The van der Waals surface area contributed by atoms with Crippen molar-refractivity contribution < 1.29 is 39.2 Å². The maximum atomic E-state index is 12.3. The zero-order valence-corrected chi connectivity index (χ0v) is 18.8. The summed E-state index contributed by atoms with van der Waals surface area (Å²) in [5.41, 5.74) is 0.568. The number of esters is 2. The summed E-state index contributed by atoms with van der Waals surface area (Å²) in [6.45, 7) is 8.25. The molecule has 0 spiro atoms. The Bertz CT molecular complexity index is 817. The topological polar surface area (TPSA) is 130 Å². The van der Waals surface area contributed by atoms with Gasteiger partial charge < -0.3 is 24.8 Å². The highest BCUT2D eigenvalue weighted by molar-refractivity contribution is 5.92. The minimum Gasteiger partial charge on any atom is -0.481 e. The summed E-state index contributed by atoms with van der Waals surface area (Å²) in [5, 5.41) is 29.5. The van der Waals surface area contributed by atoms with Crippen LogP contribution in [0.1, 0.15) is 58.8 Å². The van der Waals surface area contributed by atoms with Crippen molar-refractivity contribution in [3.05, 3.63) is 23.8 Å². The largest absolute Gasteiger partial charge is 0.481 e. The summed E-state index contributed by atoms with van der Waals surface area (Å²) in [5.74, 6) is -2.16. The average molecular weight is 451 g/mol. The van der Waals surface area contributed by atoms with Gasteiger partial charge in [0, 0.05) is 5.41 Å². The second-order valence-electron chi connectivity index (χ2n) is 9.89. The predicted octanol–water partition coefficient (Wildman–Crippen LogP) is 2.38. The summed E-state index contributed by atoms with van der Waals surface area (Å²) >= 11 is 0. The average Bonchev–Trinajstić information content (AvgIpc) is 3.08. The van der Waals surface area contributed by atoms with Crippen LogP contribution in [-0.2, 0) is 23.9 Å². The lowest BCUT2D eigenvalue weighted by Crippen LogP contribution is -2.57. The second-order valence-corrected chi connectivity index (χ2v) is 9.89. The zero-order valence-electron chi connectivity index (χ0n) is 18.8. The van der Waals surface area contributed by atoms with Gasteiger partial charge in [0.25, 0.3) is 0 Å². The first-order valence-electron chi connectivity index (χ1n) is 11.3. The molecule has 0 bridgehead atoms. The van der Waals surface area contributed by atoms with E-state index in [1.165, 1.54) is 0 Å². The van der Waals surface area contributed by atoms with Crippen molar-refractivity contribution in [3.8, 4) is 0 Å². The molecule has 0 aromatic rings. The number of carboxylic acids is 1. The lowest BCUT2D eigenvalue weighted by atomic mass is 9.46. The number of carbonyl (C=O) groups excluding carboxylic acids is 2. The molecule has 1 heterocycles. The number of hydrogen-bond acceptors (Lipinski definition) is 7. The maximum absolute atomic E-state index is 12.3. The number of aliphatic hydroxyl groups excluding tert-OH is 2. The normalized spacial score (nSPS) is 38.3. The molecule has 3 rings (SSSR count). The first-order valence-corrected chi connectivity index (χ1v) is 11.3. The minimum absolute atomic E-state index is 0.0453. The highest BCUT2D eigenvalue weighted by Gasteiger charge is 2.57. The van der Waals surface area contributed by atoms with Gasteiger partial charge >= 0.3 is 17.9 Å². The van der Waals surface area contributed by atoms with E-state index in [4.69, 9.17) is 14.6 Å². The van der Waals surface area contributed by atoms with Gasteiger partial charge in [-0.3, -0.25) is 9.59 Å². The zero-order chi connectivity index (χ0) is 23.7. The molecule has 8 heteroatoms. The number of cyclic esters (lactones) is 1. The third-order valence-electron chi connectivity index (χ3n) is 8.03. The van der Waals surface area contributed by atoms with Gasteiger partial charge in [-0.15, -0.1) is 0 Å². The van der Waals surface area contributed by atoms with Gasteiger partial charge in [-0.2, -0.15) is 0 Å². The van der Waals surface area contributed by atoms with Crippen molar-refractivity contribution in [1.82, 2.24) is 0 Å². The van der Waals surface area contributed by atoms with Crippen LogP contribution in [0.2, 0.25) is 0 Å². The maximum Gasteiger partial charge on any atom is 0.337 e. The van der Waals surface area contributed by atoms with E-state index in [0.29, 0.717) is 12.8 Å². The van der Waals surface area contributed by atoms with Crippen LogP contribution in [0.4, 0.5) is 0 Å². The fraction of sp³-hybridized carbons (Fsp3) is 0.708. The number of fused-ring (bicyclic) bond motifs is 1. The molecule has 2 aliphatic carbocycles. The van der Waals surface area contributed by atoms with Crippen molar-refractivity contribution in [1.29, 1.82) is 0 Å². The highest BCUT2D eigenvalue weighted by Crippen LogP contribution is 2.61. The molecular formula is C24H34O8. The molecule has 3 N–H and O–H groups in total. The first-order chi connectivity index (χ1) is 15.0. The van der Waals surface area contributed by atoms with Crippen LogP contribution in [0.5, 0.6) is 0 Å². The third-order valence-corrected chi connectivity index (χ3v) is 8.03. The van der Waals surface area contributed by atoms with Gasteiger partial charge in [0.2, 0.25) is 0 Å². The number of ether oxygens (including phenoxy) is 2. The number of aliphatic hydroxyl groups is 2. The van der Waals surface area contributed by atoms with Crippen LogP contribution < -0.4 is 0 Å². The molecule has 0 aromatic carbocycles. The number of aliphatic carboxylic acids is 1. The molecule has 1 aliphatic heterocycles. The van der Waals surface area contributed by atoms with Crippen LogP contribution in [-0.4, -0.2) is 58.6 Å². The molecule has 2 saturated carbocycles. The molecule has 0 unspecified atom stereocenters. The van der Waals surface area contributed by atoms with Gasteiger partial charge in [0.1, 0.15) is 6.61 Å². The lowest BCUT2D eigenvalue weighted by Gasteiger charge is -2.59. The second kappa shape index (κ2) is 9.35. The highest BCUT2D eigenvalue weighted by atomic mass is 16.6. The van der Waals surface area contributed by atoms with Gasteiger partial charge in [0.15, 0.2) is 6.10 Å². The van der Waals surface area contributed by atoms with Gasteiger partial charge in [0.05, 0.1) is 31.1 Å². The summed E-state index contributed by atoms with van der Waals surface area (Å²) in [7, 11) is 0. The van der Waals surface area contributed by atoms with Gasteiger partial charge in [-0.1, -0.05) is 32.1 Å². The fourth-order valence-corrected chi connectivity index (χ4v) is 6.08. The molecule has 3 fully saturated rings. The number of hydrogen-bond donors (Lipinski definition) is 3. The minimum atomic E-state index is -1.09. The first kappa shape index (κ1) is 24.5. The van der Waals surface area contributed by atoms with E-state index >= 15 is 0 Å². The van der Waals surface area contributed by atoms with E-state index in [2.05, 4.69) is 13.5 Å². The summed E-state index contributed by atoms with van der Waals surface area (Å²) in [6, 6.07) is 0. The molecule has 8 nitrogen and oxygen atoms in total. The summed E-state index contributed by atoms with van der Waals surface area (Å²) < 4.78 is 10.4. The van der Waals surface area contributed by atoms with Crippen molar-refractivity contribution in [2.45, 2.75) is 71.0 Å². The number of carbonyl (C=O) groups is 3. The Balaban J connectivity index is 1.78. The van der Waals surface area contributed by atoms with Crippen molar-refractivity contribution in [2.75, 3.05) is 13.2 Å². The number of rotatable bonds is 7. The van der Waals surface area contributed by atoms with E-state index in [9.17, 15) is 24.6 Å². The van der Waals surface area contributed by atoms with Crippen molar-refractivity contribution >= 4 is 17.9 Å². The number of allylic oxidation sites excluding steroid dienone is 2. The van der Waals surface area contributed by atoms with E-state index < -0.39 is 35.5 Å². The Labute approximate surface area is 188 Å². The quantitative estimate of drug-likeness (QED) is 0.306. The fourth-order valence-electron chi connectivity index (χ4n) is 6.08. The van der Waals surface area contributed by atoms with E-state index in [0.717, 1.165) is 24.8 Å². The van der Waals surface area contributed by atoms with E-state index in [-0.39, 0.29) is 48.9 Å². The van der Waals surface area contributed by atoms with Crippen LogP contribution >= 0.6 is 0 Å². The molecular weight excluding hydrogens is 416 g/mol. The molecule has 178 valence electrons. The van der Waals surface area contributed by atoms with Crippen molar-refractivity contribution in [2.24, 2.45) is 22.7 Å². The van der Waals surface area contributed by atoms with Crippen LogP contribution in [0.3, 0.4) is 0 Å². The predicted molar refractivity (Wildman–Crippen MR) is 114 cm³/mol. The Morgan fingerprint density at radius 3 is 2.66 bits per heavy atom. The Morgan fingerprint density at radius 1 is 1.28 bits per heavy atom. The van der Waals surface area contributed by atoms with Crippen LogP contribution in [0, 0.1) is 22.7 Å². The molecule has 32 heavy (non-hydrogen) atoms. The molecule has 0 aromatic heterocycles. The molecule has 0 radical (unpaired) electrons. The van der Waals surface area contributed by atoms with Gasteiger partial charge in [-0.25, -0.2) is 4.79 Å². The van der Waals surface area contributed by atoms with Gasteiger partial charge in [-0.05, 0) is 49.4 Å². The van der Waals surface area contributed by atoms with E-state index in [1.54, 1.807) is 6.08 Å². The molecule has 1 saturated heterocycles. The lowest BCUT2D eigenvalue weighted by molar-refractivity contribution is -0.151. The third kappa shape index (κ3) is 4.48. The number of carboxylic acid groups (broad SMARTS) is 1. The SMILES string of the molecule is C=C1CC[C@@H]2[C@](C)(CO)[C@H](O)CC[C@@]2(C)[C@@H]1C/C=C1/C(=O)OC[C@H]1OC(=O)CCC(=O)O. The summed E-state index contributed by atoms with van der Waals surface area (Å²) in [4.78, 5) is 34.9. The van der Waals surface area contributed by atoms with Crippen molar-refractivity contribution in [3.63, 3.8) is 0 Å².